The average Bonchev–Trinajstić information content (AvgIpc) is 3.13. The van der Waals surface area contributed by atoms with Crippen molar-refractivity contribution >= 4 is 33.5 Å². The van der Waals surface area contributed by atoms with Crippen LogP contribution in [0.25, 0.3) is 0 Å². The van der Waals surface area contributed by atoms with Crippen molar-refractivity contribution in [2.24, 2.45) is 0 Å². The molecule has 5 rings (SSSR count). The SMILES string of the molecule is Cc1ccc([C@@H]2N(c3ccc(C)cc3)C(=O)[C@@]23O[C@@H](c2ccc(Br)cc2)OC3=O)cc1. The molecule has 2 aliphatic rings. The third kappa shape index (κ3) is 3.09. The number of aryl methyl sites for hydroxylation is 2. The molecule has 0 unspecified atom stereocenters. The van der Waals surface area contributed by atoms with E-state index in [9.17, 15) is 9.59 Å². The summed E-state index contributed by atoms with van der Waals surface area (Å²) in [6.07, 6.45) is -0.933. The maximum atomic E-state index is 13.5. The number of nitrogens with zero attached hydrogens (tertiary/aromatic N) is 1. The van der Waals surface area contributed by atoms with Gasteiger partial charge in [-0.3, -0.25) is 9.69 Å². The lowest BCUT2D eigenvalue weighted by Gasteiger charge is -2.50. The maximum absolute atomic E-state index is 13.5. The highest BCUT2D eigenvalue weighted by Crippen LogP contribution is 2.54. The predicted molar refractivity (Wildman–Crippen MR) is 119 cm³/mol. The molecular weight excluding hydrogens is 458 g/mol. The summed E-state index contributed by atoms with van der Waals surface area (Å²) in [7, 11) is 0. The fraction of sp³-hybridized carbons (Fsp3) is 0.200. The van der Waals surface area contributed by atoms with E-state index in [4.69, 9.17) is 9.47 Å². The standard InChI is InChI=1S/C25H20BrNO4/c1-15-3-7-17(8-4-15)21-25(23(28)27(21)20-13-5-16(2)6-14-20)24(29)30-22(31-25)18-9-11-19(26)12-10-18/h3-14,21-22H,1-2H3/t21-,22-,25-/m0/s1. The summed E-state index contributed by atoms with van der Waals surface area (Å²) in [5, 5.41) is 0. The van der Waals surface area contributed by atoms with Gasteiger partial charge in [-0.15, -0.1) is 0 Å². The number of hydrogen-bond donors (Lipinski definition) is 0. The van der Waals surface area contributed by atoms with Crippen molar-refractivity contribution in [3.05, 3.63) is 99.5 Å². The Morgan fingerprint density at radius 2 is 1.35 bits per heavy atom. The molecule has 2 fully saturated rings. The Morgan fingerprint density at radius 3 is 1.97 bits per heavy atom. The molecular formula is C25H20BrNO4. The number of carbonyl (C=O) groups is 2. The van der Waals surface area contributed by atoms with E-state index in [2.05, 4.69) is 15.9 Å². The van der Waals surface area contributed by atoms with Gasteiger partial charge in [0.2, 0.25) is 6.29 Å². The van der Waals surface area contributed by atoms with Crippen LogP contribution >= 0.6 is 15.9 Å². The molecule has 0 saturated carbocycles. The van der Waals surface area contributed by atoms with Gasteiger partial charge in [0.1, 0.15) is 6.04 Å². The number of anilines is 1. The number of amides is 1. The Hall–Kier alpha value is -2.96. The second-order valence-electron chi connectivity index (χ2n) is 7.97. The van der Waals surface area contributed by atoms with Crippen LogP contribution in [0.4, 0.5) is 5.69 Å². The van der Waals surface area contributed by atoms with Crippen LogP contribution in [0.2, 0.25) is 0 Å². The highest BCUT2D eigenvalue weighted by Gasteiger charge is 2.73. The molecule has 3 atom stereocenters. The van der Waals surface area contributed by atoms with Crippen LogP contribution in [-0.2, 0) is 19.1 Å². The minimum absolute atomic E-state index is 0.411. The second-order valence-corrected chi connectivity index (χ2v) is 8.88. The van der Waals surface area contributed by atoms with Crippen molar-refractivity contribution in [2.45, 2.75) is 31.8 Å². The second kappa shape index (κ2) is 7.32. The number of halogens is 1. The van der Waals surface area contributed by atoms with Crippen molar-refractivity contribution in [3.63, 3.8) is 0 Å². The van der Waals surface area contributed by atoms with Crippen LogP contribution in [0.3, 0.4) is 0 Å². The molecule has 3 aromatic rings. The highest BCUT2D eigenvalue weighted by molar-refractivity contribution is 9.10. The largest absolute Gasteiger partial charge is 0.429 e. The van der Waals surface area contributed by atoms with Crippen molar-refractivity contribution < 1.29 is 19.1 Å². The van der Waals surface area contributed by atoms with Crippen LogP contribution in [0.15, 0.2) is 77.3 Å². The molecule has 2 saturated heterocycles. The first kappa shape index (κ1) is 20.0. The number of rotatable bonds is 3. The first-order chi connectivity index (χ1) is 14.9. The Labute approximate surface area is 188 Å². The van der Waals surface area contributed by atoms with Crippen LogP contribution in [-0.4, -0.2) is 17.5 Å². The van der Waals surface area contributed by atoms with E-state index in [1.54, 1.807) is 4.90 Å². The van der Waals surface area contributed by atoms with Gasteiger partial charge in [0.15, 0.2) is 0 Å². The molecule has 3 aromatic carbocycles. The van der Waals surface area contributed by atoms with Gasteiger partial charge in [-0.2, -0.15) is 0 Å². The first-order valence-electron chi connectivity index (χ1n) is 10.0. The molecule has 6 heteroatoms. The van der Waals surface area contributed by atoms with Crippen molar-refractivity contribution in [1.29, 1.82) is 0 Å². The molecule has 0 N–H and O–H groups in total. The molecule has 0 bridgehead atoms. The Morgan fingerprint density at radius 1 is 0.806 bits per heavy atom. The smallest absolute Gasteiger partial charge is 0.353 e. The van der Waals surface area contributed by atoms with E-state index >= 15 is 0 Å². The van der Waals surface area contributed by atoms with Crippen LogP contribution in [0, 0.1) is 13.8 Å². The van der Waals surface area contributed by atoms with Crippen molar-refractivity contribution in [1.82, 2.24) is 0 Å². The number of esters is 1. The van der Waals surface area contributed by atoms with Crippen molar-refractivity contribution in [3.8, 4) is 0 Å². The van der Waals surface area contributed by atoms with Gasteiger partial charge in [0.05, 0.1) is 0 Å². The van der Waals surface area contributed by atoms with E-state index in [-0.39, 0.29) is 0 Å². The molecule has 1 amide bonds. The molecule has 1 spiro atoms. The molecule has 0 aromatic heterocycles. The van der Waals surface area contributed by atoms with Crippen LogP contribution in [0.5, 0.6) is 0 Å². The summed E-state index contributed by atoms with van der Waals surface area (Å²) >= 11 is 3.40. The van der Waals surface area contributed by atoms with Crippen molar-refractivity contribution in [2.75, 3.05) is 4.90 Å². The molecule has 0 radical (unpaired) electrons. The normalized spacial score (nSPS) is 24.9. The maximum Gasteiger partial charge on any atom is 0.353 e. The minimum atomic E-state index is -1.70. The fourth-order valence-electron chi connectivity index (χ4n) is 4.13. The van der Waals surface area contributed by atoms with Crippen LogP contribution < -0.4 is 4.90 Å². The Balaban J connectivity index is 1.57. The van der Waals surface area contributed by atoms with Gasteiger partial charge >= 0.3 is 5.97 Å². The number of carbonyl (C=O) groups excluding carboxylic acids is 2. The molecule has 31 heavy (non-hydrogen) atoms. The number of cyclic esters (lactones) is 1. The zero-order chi connectivity index (χ0) is 21.8. The summed E-state index contributed by atoms with van der Waals surface area (Å²) in [5.41, 5.74) is 2.70. The first-order valence-corrected chi connectivity index (χ1v) is 10.8. The Kier molecular flexibility index (Phi) is 4.72. The quantitative estimate of drug-likeness (QED) is 0.296. The van der Waals surface area contributed by atoms with E-state index in [1.807, 2.05) is 86.6 Å². The lowest BCUT2D eigenvalue weighted by molar-refractivity contribution is -0.168. The fourth-order valence-corrected chi connectivity index (χ4v) is 4.39. The summed E-state index contributed by atoms with van der Waals surface area (Å²) in [6, 6.07) is 22.1. The highest BCUT2D eigenvalue weighted by atomic mass is 79.9. The summed E-state index contributed by atoms with van der Waals surface area (Å²) in [4.78, 5) is 28.2. The van der Waals surface area contributed by atoms with Gasteiger partial charge in [-0.1, -0.05) is 75.6 Å². The lowest BCUT2D eigenvalue weighted by atomic mass is 9.77. The molecule has 0 aliphatic carbocycles. The predicted octanol–water partition coefficient (Wildman–Crippen LogP) is 5.16. The van der Waals surface area contributed by atoms with Gasteiger partial charge in [-0.05, 0) is 43.7 Å². The van der Waals surface area contributed by atoms with E-state index in [1.165, 1.54) is 0 Å². The van der Waals surface area contributed by atoms with Gasteiger partial charge in [0, 0.05) is 15.7 Å². The molecule has 5 nitrogen and oxygen atoms in total. The zero-order valence-corrected chi connectivity index (χ0v) is 18.6. The Bertz CT molecular complexity index is 1160. The third-order valence-electron chi connectivity index (χ3n) is 5.84. The van der Waals surface area contributed by atoms with Crippen LogP contribution in [0.1, 0.15) is 34.6 Å². The van der Waals surface area contributed by atoms with E-state index in [0.29, 0.717) is 5.56 Å². The molecule has 156 valence electrons. The van der Waals surface area contributed by atoms with Gasteiger partial charge in [-0.25, -0.2) is 4.79 Å². The molecule has 2 aliphatic heterocycles. The zero-order valence-electron chi connectivity index (χ0n) is 17.0. The summed E-state index contributed by atoms with van der Waals surface area (Å²) in [5.74, 6) is -1.06. The molecule has 2 heterocycles. The number of benzene rings is 3. The third-order valence-corrected chi connectivity index (χ3v) is 6.37. The number of ether oxygens (including phenoxy) is 2. The van der Waals surface area contributed by atoms with Gasteiger partial charge < -0.3 is 9.47 Å². The number of hydrogen-bond acceptors (Lipinski definition) is 4. The monoisotopic (exact) mass is 477 g/mol. The minimum Gasteiger partial charge on any atom is -0.429 e. The van der Waals surface area contributed by atoms with Gasteiger partial charge in [0.25, 0.3) is 11.5 Å². The average molecular weight is 478 g/mol. The summed E-state index contributed by atoms with van der Waals surface area (Å²) < 4.78 is 12.6. The summed E-state index contributed by atoms with van der Waals surface area (Å²) in [6.45, 7) is 3.98. The van der Waals surface area contributed by atoms with E-state index in [0.717, 1.165) is 26.9 Å². The lowest BCUT2D eigenvalue weighted by Crippen LogP contribution is -2.71. The van der Waals surface area contributed by atoms with E-state index < -0.39 is 29.8 Å². The number of β-lactam (4-membered cyclic amide) rings is 1. The topological polar surface area (TPSA) is 55.8 Å².